The van der Waals surface area contributed by atoms with Crippen LogP contribution in [0.15, 0.2) is 28.5 Å². The van der Waals surface area contributed by atoms with E-state index in [0.29, 0.717) is 6.54 Å². The van der Waals surface area contributed by atoms with Gasteiger partial charge >= 0.3 is 0 Å². The smallest absolute Gasteiger partial charge is 0.266 e. The maximum atomic E-state index is 11.6. The lowest BCUT2D eigenvalue weighted by Crippen LogP contribution is -2.23. The van der Waals surface area contributed by atoms with Crippen molar-refractivity contribution < 1.29 is 0 Å². The van der Waals surface area contributed by atoms with E-state index in [-0.39, 0.29) is 15.6 Å². The van der Waals surface area contributed by atoms with E-state index in [2.05, 4.69) is 5.10 Å². The summed E-state index contributed by atoms with van der Waals surface area (Å²) in [5.74, 6) is 0. The van der Waals surface area contributed by atoms with Gasteiger partial charge in [-0.2, -0.15) is 5.10 Å². The van der Waals surface area contributed by atoms with E-state index >= 15 is 0 Å². The van der Waals surface area contributed by atoms with Gasteiger partial charge in [0, 0.05) is 4.88 Å². The first-order chi connectivity index (χ1) is 7.18. The van der Waals surface area contributed by atoms with Gasteiger partial charge in [-0.25, -0.2) is 4.68 Å². The Bertz CT molecular complexity index is 521. The van der Waals surface area contributed by atoms with E-state index in [0.717, 1.165) is 4.88 Å². The number of aromatic nitrogens is 2. The molecule has 78 valence electrons. The highest BCUT2D eigenvalue weighted by Gasteiger charge is 2.07. The minimum absolute atomic E-state index is 0.0169. The molecule has 0 unspecified atom stereocenters. The lowest BCUT2D eigenvalue weighted by molar-refractivity contribution is 0.645. The Hall–Kier alpha value is -0.840. The lowest BCUT2D eigenvalue weighted by atomic mass is 10.4. The Morgan fingerprint density at radius 2 is 2.27 bits per heavy atom. The van der Waals surface area contributed by atoms with Crippen LogP contribution in [0, 0.1) is 0 Å². The molecule has 2 aromatic rings. The average Bonchev–Trinajstić information content (AvgIpc) is 2.72. The molecule has 0 radical (unpaired) electrons. The monoisotopic (exact) mass is 260 g/mol. The summed E-state index contributed by atoms with van der Waals surface area (Å²) < 4.78 is 1.29. The largest absolute Gasteiger partial charge is 0.287 e. The van der Waals surface area contributed by atoms with Gasteiger partial charge in [0.15, 0.2) is 0 Å². The number of rotatable bonds is 2. The molecule has 0 fully saturated rings. The molecule has 0 aliphatic carbocycles. The average molecular weight is 261 g/mol. The number of halogens is 2. The minimum Gasteiger partial charge on any atom is -0.266 e. The van der Waals surface area contributed by atoms with Crippen LogP contribution in [0.3, 0.4) is 0 Å². The van der Waals surface area contributed by atoms with Crippen LogP contribution in [0.25, 0.3) is 0 Å². The number of hydrogen-bond acceptors (Lipinski definition) is 3. The Balaban J connectivity index is 2.38. The first-order valence-electron chi connectivity index (χ1n) is 4.12. The van der Waals surface area contributed by atoms with Gasteiger partial charge in [0.05, 0.1) is 17.8 Å². The van der Waals surface area contributed by atoms with Crippen molar-refractivity contribution >= 4 is 34.5 Å². The van der Waals surface area contributed by atoms with Gasteiger partial charge in [-0.1, -0.05) is 29.3 Å². The molecule has 0 aliphatic heterocycles. The van der Waals surface area contributed by atoms with Gasteiger partial charge < -0.3 is 0 Å². The molecule has 0 aliphatic rings. The van der Waals surface area contributed by atoms with Crippen LogP contribution in [0.2, 0.25) is 10.0 Å². The predicted octanol–water partition coefficient (Wildman–Crippen LogP) is 2.66. The summed E-state index contributed by atoms with van der Waals surface area (Å²) in [5.41, 5.74) is -0.363. The zero-order valence-corrected chi connectivity index (χ0v) is 9.81. The molecule has 6 heteroatoms. The van der Waals surface area contributed by atoms with Gasteiger partial charge in [0.1, 0.15) is 5.02 Å². The van der Waals surface area contributed by atoms with Crippen LogP contribution in [-0.4, -0.2) is 9.78 Å². The maximum absolute atomic E-state index is 11.6. The zero-order chi connectivity index (χ0) is 10.8. The number of thiophene rings is 1. The van der Waals surface area contributed by atoms with Crippen molar-refractivity contribution in [3.63, 3.8) is 0 Å². The SMILES string of the molecule is O=c1c(Cl)c(Cl)cnn1Cc1cccs1. The third kappa shape index (κ3) is 2.22. The molecule has 2 aromatic heterocycles. The van der Waals surface area contributed by atoms with Crippen molar-refractivity contribution in [2.24, 2.45) is 0 Å². The van der Waals surface area contributed by atoms with Crippen LogP contribution >= 0.6 is 34.5 Å². The molecular formula is C9H6Cl2N2OS. The van der Waals surface area contributed by atoms with E-state index in [1.54, 1.807) is 11.3 Å². The quantitative estimate of drug-likeness (QED) is 0.833. The van der Waals surface area contributed by atoms with Gasteiger partial charge in [0.2, 0.25) is 0 Å². The fourth-order valence-corrected chi connectivity index (χ4v) is 2.06. The van der Waals surface area contributed by atoms with E-state index in [9.17, 15) is 4.79 Å². The highest BCUT2D eigenvalue weighted by molar-refractivity contribution is 7.09. The van der Waals surface area contributed by atoms with Crippen molar-refractivity contribution in [3.05, 3.63) is 49.0 Å². The third-order valence-corrected chi connectivity index (χ3v) is 3.44. The van der Waals surface area contributed by atoms with Crippen molar-refractivity contribution in [1.29, 1.82) is 0 Å². The minimum atomic E-state index is -0.363. The molecule has 0 saturated heterocycles. The molecule has 15 heavy (non-hydrogen) atoms. The Morgan fingerprint density at radius 3 is 2.93 bits per heavy atom. The summed E-state index contributed by atoms with van der Waals surface area (Å²) in [4.78, 5) is 12.6. The molecule has 0 N–H and O–H groups in total. The van der Waals surface area contributed by atoms with Crippen molar-refractivity contribution in [3.8, 4) is 0 Å². The van der Waals surface area contributed by atoms with Gasteiger partial charge in [-0.15, -0.1) is 11.3 Å². The zero-order valence-electron chi connectivity index (χ0n) is 7.48. The second-order valence-electron chi connectivity index (χ2n) is 2.85. The van der Waals surface area contributed by atoms with E-state index in [4.69, 9.17) is 23.2 Å². The van der Waals surface area contributed by atoms with Crippen molar-refractivity contribution in [1.82, 2.24) is 9.78 Å². The summed E-state index contributed by atoms with van der Waals surface area (Å²) in [6.45, 7) is 0.424. The summed E-state index contributed by atoms with van der Waals surface area (Å²) in [5, 5.41) is 6.05. The molecule has 0 bridgehead atoms. The molecule has 2 rings (SSSR count). The Morgan fingerprint density at radius 1 is 1.47 bits per heavy atom. The summed E-state index contributed by atoms with van der Waals surface area (Å²) in [6.07, 6.45) is 1.37. The molecule has 2 heterocycles. The maximum Gasteiger partial charge on any atom is 0.287 e. The van der Waals surface area contributed by atoms with Crippen LogP contribution in [-0.2, 0) is 6.54 Å². The first-order valence-corrected chi connectivity index (χ1v) is 5.75. The van der Waals surface area contributed by atoms with Crippen molar-refractivity contribution in [2.75, 3.05) is 0 Å². The van der Waals surface area contributed by atoms with Crippen LogP contribution in [0.4, 0.5) is 0 Å². The van der Waals surface area contributed by atoms with Gasteiger partial charge in [0.25, 0.3) is 5.56 Å². The number of hydrogen-bond donors (Lipinski definition) is 0. The molecule has 0 aromatic carbocycles. The highest BCUT2D eigenvalue weighted by atomic mass is 35.5. The molecule has 0 saturated carbocycles. The fraction of sp³-hybridized carbons (Fsp3) is 0.111. The third-order valence-electron chi connectivity index (χ3n) is 1.83. The highest BCUT2D eigenvalue weighted by Crippen LogP contribution is 2.15. The summed E-state index contributed by atoms with van der Waals surface area (Å²) in [6, 6.07) is 3.85. The van der Waals surface area contributed by atoms with E-state index in [1.165, 1.54) is 10.9 Å². The van der Waals surface area contributed by atoms with Crippen LogP contribution < -0.4 is 5.56 Å². The topological polar surface area (TPSA) is 34.9 Å². The summed E-state index contributed by atoms with van der Waals surface area (Å²) >= 11 is 12.9. The standard InChI is InChI=1S/C9H6Cl2N2OS/c10-7-4-12-13(9(14)8(7)11)5-6-2-1-3-15-6/h1-4H,5H2. The molecule has 0 spiro atoms. The molecular weight excluding hydrogens is 255 g/mol. The Labute approximate surface area is 99.9 Å². The second kappa shape index (κ2) is 4.35. The molecule has 0 atom stereocenters. The van der Waals surface area contributed by atoms with E-state index in [1.807, 2.05) is 17.5 Å². The van der Waals surface area contributed by atoms with Crippen LogP contribution in [0.5, 0.6) is 0 Å². The van der Waals surface area contributed by atoms with Crippen molar-refractivity contribution in [2.45, 2.75) is 6.54 Å². The molecule has 3 nitrogen and oxygen atoms in total. The van der Waals surface area contributed by atoms with E-state index < -0.39 is 0 Å². The summed E-state index contributed by atoms with van der Waals surface area (Å²) in [7, 11) is 0. The van der Waals surface area contributed by atoms with Gasteiger partial charge in [-0.05, 0) is 11.4 Å². The van der Waals surface area contributed by atoms with Gasteiger partial charge in [-0.3, -0.25) is 4.79 Å². The second-order valence-corrected chi connectivity index (χ2v) is 4.67. The fourth-order valence-electron chi connectivity index (χ4n) is 1.11. The normalized spacial score (nSPS) is 10.5. The first kappa shape index (κ1) is 10.7. The molecule has 0 amide bonds. The number of nitrogens with zero attached hydrogens (tertiary/aromatic N) is 2. The van der Waals surface area contributed by atoms with Crippen LogP contribution in [0.1, 0.15) is 4.88 Å². The lowest BCUT2D eigenvalue weighted by Gasteiger charge is -2.03. The predicted molar refractivity (Wildman–Crippen MR) is 61.9 cm³/mol. The Kier molecular flexibility index (Phi) is 3.09.